The second-order valence-corrected chi connectivity index (χ2v) is 11.6. The van der Waals surface area contributed by atoms with Gasteiger partial charge in [-0.1, -0.05) is 18.9 Å². The lowest BCUT2D eigenvalue weighted by Gasteiger charge is -2.43. The molecule has 0 radical (unpaired) electrons. The monoisotopic (exact) mass is 552 g/mol. The highest BCUT2D eigenvalue weighted by Gasteiger charge is 2.42. The zero-order valence-corrected chi connectivity index (χ0v) is 23.6. The summed E-state index contributed by atoms with van der Waals surface area (Å²) in [7, 11) is 3.06. The molecule has 2 fully saturated rings. The van der Waals surface area contributed by atoms with Gasteiger partial charge in [-0.15, -0.1) is 0 Å². The number of fused-ring (bicyclic) bond motifs is 2. The van der Waals surface area contributed by atoms with Gasteiger partial charge in [0.1, 0.15) is 12.2 Å². The molecule has 8 nitrogen and oxygen atoms in total. The van der Waals surface area contributed by atoms with Gasteiger partial charge in [0, 0.05) is 19.3 Å². The molecule has 3 aliphatic carbocycles. The van der Waals surface area contributed by atoms with Crippen LogP contribution in [0.2, 0.25) is 0 Å². The van der Waals surface area contributed by atoms with Gasteiger partial charge < -0.3 is 29.2 Å². The normalized spacial score (nSPS) is 26.5. The number of aromatic hydroxyl groups is 2. The molecule has 0 bridgehead atoms. The minimum Gasteiger partial charge on any atom is -0.504 e. The van der Waals surface area contributed by atoms with E-state index in [1.54, 1.807) is 12.1 Å². The Hall–Kier alpha value is -3.42. The van der Waals surface area contributed by atoms with Crippen molar-refractivity contribution in [1.29, 1.82) is 0 Å². The van der Waals surface area contributed by atoms with Gasteiger partial charge in [-0.05, 0) is 91.3 Å². The van der Waals surface area contributed by atoms with Crippen LogP contribution in [0.25, 0.3) is 0 Å². The van der Waals surface area contributed by atoms with Crippen molar-refractivity contribution >= 4 is 11.9 Å². The third-order valence-electron chi connectivity index (χ3n) is 9.12. The quantitative estimate of drug-likeness (QED) is 0.455. The number of rotatable bonds is 6. The molecule has 2 aromatic carbocycles. The smallest absolute Gasteiger partial charge is 0.309 e. The molecule has 2 N–H and O–H groups in total. The van der Waals surface area contributed by atoms with Gasteiger partial charge in [0.15, 0.2) is 23.0 Å². The topological polar surface area (TPSA) is 112 Å². The summed E-state index contributed by atoms with van der Waals surface area (Å²) in [6.45, 7) is 1.43. The van der Waals surface area contributed by atoms with Crippen molar-refractivity contribution in [3.8, 4) is 23.0 Å². The second kappa shape index (κ2) is 12.0. The van der Waals surface area contributed by atoms with Crippen LogP contribution in [0.15, 0.2) is 30.3 Å². The summed E-state index contributed by atoms with van der Waals surface area (Å²) in [5.74, 6) is 0.613. The van der Waals surface area contributed by atoms with E-state index in [4.69, 9.17) is 18.9 Å². The molecule has 40 heavy (non-hydrogen) atoms. The number of carbonyl (C=O) groups excluding carboxylic acids is 2. The van der Waals surface area contributed by atoms with Gasteiger partial charge >= 0.3 is 11.9 Å². The summed E-state index contributed by atoms with van der Waals surface area (Å²) >= 11 is 0. The Kier molecular flexibility index (Phi) is 8.43. The highest BCUT2D eigenvalue weighted by Crippen LogP contribution is 2.47. The van der Waals surface area contributed by atoms with Crippen molar-refractivity contribution in [1.82, 2.24) is 0 Å². The average molecular weight is 553 g/mol. The molecule has 0 aliphatic heterocycles. The van der Waals surface area contributed by atoms with Gasteiger partial charge in [0.25, 0.3) is 0 Å². The number of methoxy groups -OCH3 is 2. The number of benzene rings is 2. The fourth-order valence-corrected chi connectivity index (χ4v) is 7.14. The first-order chi connectivity index (χ1) is 19.2. The van der Waals surface area contributed by atoms with Gasteiger partial charge in [0.2, 0.25) is 0 Å². The third kappa shape index (κ3) is 6.01. The Morgan fingerprint density at radius 3 is 2.23 bits per heavy atom. The predicted molar refractivity (Wildman–Crippen MR) is 148 cm³/mol. The van der Waals surface area contributed by atoms with Crippen LogP contribution >= 0.6 is 0 Å². The highest BCUT2D eigenvalue weighted by atomic mass is 16.6. The van der Waals surface area contributed by atoms with Crippen molar-refractivity contribution < 1.29 is 38.7 Å². The maximum absolute atomic E-state index is 13.2. The standard InChI is InChI=1S/C32H40O8/c1-18(33)39-29-17-25(40-32(36)19-6-4-5-7-19)12-21(20-8-9-27(34)30(15-20)37-2)10-24-11-22-14-28(35)31(38-3)16-23(22)13-26(24)29/h8-9,14-16,19,21,24-26,29,34-35H,4-7,10-13,17H2,1-3H3/t21-,24+,25-,26-,29+/m0/s1. The maximum Gasteiger partial charge on any atom is 0.309 e. The van der Waals surface area contributed by atoms with Crippen LogP contribution in [0.5, 0.6) is 23.0 Å². The molecule has 8 heteroatoms. The number of hydrogen-bond acceptors (Lipinski definition) is 8. The SMILES string of the molecule is COc1cc([C@@H]2C[C@H](OC(=O)C3CCCC3)C[C@@H](OC(C)=O)[C@H]3Cc4cc(OC)c(O)cc4C[C@H]3C2)ccc1O. The van der Waals surface area contributed by atoms with Gasteiger partial charge in [0.05, 0.1) is 20.1 Å². The number of carbonyl (C=O) groups is 2. The zero-order valence-electron chi connectivity index (χ0n) is 23.6. The average Bonchev–Trinajstić information content (AvgIpc) is 3.46. The lowest BCUT2D eigenvalue weighted by atomic mass is 9.66. The van der Waals surface area contributed by atoms with Gasteiger partial charge in [-0.25, -0.2) is 0 Å². The molecule has 0 heterocycles. The van der Waals surface area contributed by atoms with Crippen molar-refractivity contribution in [3.63, 3.8) is 0 Å². The largest absolute Gasteiger partial charge is 0.504 e. The molecular weight excluding hydrogens is 512 g/mol. The first-order valence-electron chi connectivity index (χ1n) is 14.4. The van der Waals surface area contributed by atoms with Gasteiger partial charge in [-0.3, -0.25) is 9.59 Å². The van der Waals surface area contributed by atoms with Crippen molar-refractivity contribution in [3.05, 3.63) is 47.0 Å². The maximum atomic E-state index is 13.2. The summed E-state index contributed by atoms with van der Waals surface area (Å²) in [5, 5.41) is 20.7. The summed E-state index contributed by atoms with van der Waals surface area (Å²) in [4.78, 5) is 25.4. The zero-order chi connectivity index (χ0) is 28.4. The second-order valence-electron chi connectivity index (χ2n) is 11.6. The summed E-state index contributed by atoms with van der Waals surface area (Å²) < 4.78 is 22.9. The number of ether oxygens (including phenoxy) is 4. The minimum atomic E-state index is -0.418. The minimum absolute atomic E-state index is 0.000132. The third-order valence-corrected chi connectivity index (χ3v) is 9.12. The molecule has 0 amide bonds. The van der Waals surface area contributed by atoms with E-state index < -0.39 is 12.2 Å². The van der Waals surface area contributed by atoms with E-state index in [-0.39, 0.29) is 47.1 Å². The molecule has 0 saturated heterocycles. The van der Waals surface area contributed by atoms with Crippen molar-refractivity contribution in [2.75, 3.05) is 14.2 Å². The molecule has 3 aliphatic rings. The number of phenols is 2. The molecule has 0 aromatic heterocycles. The Morgan fingerprint density at radius 1 is 0.825 bits per heavy atom. The Labute approximate surface area is 235 Å². The van der Waals surface area contributed by atoms with E-state index >= 15 is 0 Å². The van der Waals surface area contributed by atoms with Crippen LogP contribution in [0.4, 0.5) is 0 Å². The fourth-order valence-electron chi connectivity index (χ4n) is 7.14. The first kappa shape index (κ1) is 28.1. The van der Waals surface area contributed by atoms with Crippen molar-refractivity contribution in [2.45, 2.75) is 82.8 Å². The number of esters is 2. The molecule has 2 aromatic rings. The van der Waals surface area contributed by atoms with Crippen LogP contribution in [0.1, 0.15) is 74.5 Å². The number of phenolic OH excluding ortho intramolecular Hbond substituents is 2. The van der Waals surface area contributed by atoms with E-state index in [9.17, 15) is 19.8 Å². The molecule has 216 valence electrons. The Balaban J connectivity index is 1.51. The highest BCUT2D eigenvalue weighted by molar-refractivity contribution is 5.73. The van der Waals surface area contributed by atoms with Crippen LogP contribution in [-0.2, 0) is 31.9 Å². The summed E-state index contributed by atoms with van der Waals surface area (Å²) in [6.07, 6.45) is 6.10. The van der Waals surface area contributed by atoms with E-state index in [2.05, 4.69) is 0 Å². The Morgan fingerprint density at radius 2 is 1.52 bits per heavy atom. The summed E-state index contributed by atoms with van der Waals surface area (Å²) in [6, 6.07) is 9.08. The fraction of sp³-hybridized carbons (Fsp3) is 0.562. The van der Waals surface area contributed by atoms with E-state index in [1.807, 2.05) is 18.2 Å². The van der Waals surface area contributed by atoms with Crippen LogP contribution in [0.3, 0.4) is 0 Å². The molecule has 0 spiro atoms. The lowest BCUT2D eigenvalue weighted by Crippen LogP contribution is -2.43. The molecule has 2 saturated carbocycles. The van der Waals surface area contributed by atoms with Crippen LogP contribution in [0, 0.1) is 17.8 Å². The first-order valence-corrected chi connectivity index (χ1v) is 14.4. The molecular formula is C32H40O8. The lowest BCUT2D eigenvalue weighted by molar-refractivity contribution is -0.162. The van der Waals surface area contributed by atoms with Crippen molar-refractivity contribution in [2.24, 2.45) is 17.8 Å². The predicted octanol–water partition coefficient (Wildman–Crippen LogP) is 5.45. The van der Waals surface area contributed by atoms with E-state index in [0.717, 1.165) is 48.8 Å². The number of hydrogen-bond donors (Lipinski definition) is 2. The van der Waals surface area contributed by atoms with E-state index in [0.29, 0.717) is 37.2 Å². The molecule has 0 unspecified atom stereocenters. The van der Waals surface area contributed by atoms with Crippen LogP contribution < -0.4 is 9.47 Å². The Bertz CT molecular complexity index is 1230. The summed E-state index contributed by atoms with van der Waals surface area (Å²) in [5.41, 5.74) is 3.13. The van der Waals surface area contributed by atoms with E-state index in [1.165, 1.54) is 21.1 Å². The molecule has 5 rings (SSSR count). The van der Waals surface area contributed by atoms with Crippen LogP contribution in [-0.4, -0.2) is 48.6 Å². The molecule has 5 atom stereocenters. The van der Waals surface area contributed by atoms with Gasteiger partial charge in [-0.2, -0.15) is 0 Å².